The van der Waals surface area contributed by atoms with Gasteiger partial charge in [-0.15, -0.1) is 0 Å². The molecule has 0 spiro atoms. The second kappa shape index (κ2) is 12.3. The van der Waals surface area contributed by atoms with Gasteiger partial charge in [0.2, 0.25) is 0 Å². The summed E-state index contributed by atoms with van der Waals surface area (Å²) >= 11 is 3.40. The molecule has 3 aromatic carbocycles. The second-order valence-corrected chi connectivity index (χ2v) is 8.33. The average Bonchev–Trinajstić information content (AvgIpc) is 2.85. The summed E-state index contributed by atoms with van der Waals surface area (Å²) in [7, 11) is 0. The molecule has 0 bridgehead atoms. The molecule has 3 aromatic rings. The molecule has 0 aliphatic heterocycles. The molecule has 0 heterocycles. The first-order chi connectivity index (χ1) is 16.5. The topological polar surface area (TPSA) is 105 Å². The fourth-order valence-electron chi connectivity index (χ4n) is 3.22. The minimum Gasteiger partial charge on any atom is -0.488 e. The van der Waals surface area contributed by atoms with Crippen LogP contribution in [0.15, 0.2) is 82.8 Å². The van der Waals surface area contributed by atoms with Crippen LogP contribution in [0.3, 0.4) is 0 Å². The molecule has 0 atom stereocenters. The van der Waals surface area contributed by atoms with E-state index < -0.39 is 10.8 Å². The van der Waals surface area contributed by atoms with E-state index in [-0.39, 0.29) is 17.9 Å². The first-order valence-electron chi connectivity index (χ1n) is 10.6. The van der Waals surface area contributed by atoms with Crippen LogP contribution in [0.5, 0.6) is 5.75 Å². The maximum atomic E-state index is 12.5. The number of carbonyl (C=O) groups excluding carboxylic acids is 1. The number of nitro benzene ring substituents is 1. The molecule has 1 amide bonds. The number of aryl methyl sites for hydroxylation is 1. The number of ether oxygens (including phenoxy) is 1. The van der Waals surface area contributed by atoms with E-state index in [1.54, 1.807) is 30.3 Å². The molecule has 3 rings (SSSR count). The molecular formula is C26H22BrN3O4. The van der Waals surface area contributed by atoms with E-state index in [1.807, 2.05) is 36.4 Å². The van der Waals surface area contributed by atoms with Gasteiger partial charge in [-0.2, -0.15) is 5.26 Å². The molecule has 0 aliphatic rings. The van der Waals surface area contributed by atoms with E-state index >= 15 is 0 Å². The van der Waals surface area contributed by atoms with E-state index in [4.69, 9.17) is 4.74 Å². The molecule has 8 heteroatoms. The van der Waals surface area contributed by atoms with Gasteiger partial charge in [0.05, 0.1) is 4.92 Å². The van der Waals surface area contributed by atoms with Gasteiger partial charge < -0.3 is 10.1 Å². The van der Waals surface area contributed by atoms with Crippen LogP contribution in [0.2, 0.25) is 0 Å². The predicted octanol–water partition coefficient (Wildman–Crippen LogP) is 5.59. The molecule has 0 unspecified atom stereocenters. The van der Waals surface area contributed by atoms with E-state index in [1.165, 1.54) is 23.8 Å². The third-order valence-electron chi connectivity index (χ3n) is 4.92. The Kier molecular flexibility index (Phi) is 8.95. The lowest BCUT2D eigenvalue weighted by molar-refractivity contribution is -0.384. The fraction of sp³-hybridized carbons (Fsp3) is 0.154. The average molecular weight is 520 g/mol. The van der Waals surface area contributed by atoms with Gasteiger partial charge in [-0.1, -0.05) is 58.4 Å². The summed E-state index contributed by atoms with van der Waals surface area (Å²) in [6.07, 6.45) is 3.05. The number of hydrogen-bond acceptors (Lipinski definition) is 5. The van der Waals surface area contributed by atoms with E-state index in [2.05, 4.69) is 21.2 Å². The van der Waals surface area contributed by atoms with Crippen molar-refractivity contribution in [3.8, 4) is 11.8 Å². The molecule has 1 N–H and O–H groups in total. The monoisotopic (exact) mass is 519 g/mol. The molecule has 0 saturated carbocycles. The largest absolute Gasteiger partial charge is 0.488 e. The van der Waals surface area contributed by atoms with Crippen molar-refractivity contribution in [2.75, 3.05) is 6.54 Å². The van der Waals surface area contributed by atoms with Crippen molar-refractivity contribution in [3.63, 3.8) is 0 Å². The Labute approximate surface area is 206 Å². The number of nitrogens with zero attached hydrogens (tertiary/aromatic N) is 2. The Morgan fingerprint density at radius 3 is 2.59 bits per heavy atom. The van der Waals surface area contributed by atoms with E-state index in [0.717, 1.165) is 17.3 Å². The van der Waals surface area contributed by atoms with E-state index in [9.17, 15) is 20.2 Å². The van der Waals surface area contributed by atoms with Crippen molar-refractivity contribution in [3.05, 3.63) is 110 Å². The smallest absolute Gasteiger partial charge is 0.269 e. The Morgan fingerprint density at radius 1 is 1.09 bits per heavy atom. The second-order valence-electron chi connectivity index (χ2n) is 7.41. The van der Waals surface area contributed by atoms with Crippen LogP contribution in [0.4, 0.5) is 5.69 Å². The minimum absolute atomic E-state index is 0.0206. The Hall–Kier alpha value is -3.96. The standard InChI is InChI=1S/C26H22BrN3O4/c27-23-11-12-25(34-18-20-8-4-10-24(14-20)30(32)33)21(16-23)15-22(17-28)26(31)29-13-5-9-19-6-2-1-3-7-19/h1-4,6-8,10-12,14-16H,5,9,13,18H2,(H,29,31)/b22-15-. The number of nitrogens with one attached hydrogen (secondary N) is 1. The summed E-state index contributed by atoms with van der Waals surface area (Å²) < 4.78 is 6.61. The molecular weight excluding hydrogens is 498 g/mol. The summed E-state index contributed by atoms with van der Waals surface area (Å²) in [6, 6.07) is 23.3. The van der Waals surface area contributed by atoms with Gasteiger partial charge in [0.1, 0.15) is 24.0 Å². The summed E-state index contributed by atoms with van der Waals surface area (Å²) in [6.45, 7) is 0.541. The van der Waals surface area contributed by atoms with E-state index in [0.29, 0.717) is 23.4 Å². The number of amides is 1. The van der Waals surface area contributed by atoms with Crippen molar-refractivity contribution in [2.45, 2.75) is 19.4 Å². The first-order valence-corrected chi connectivity index (χ1v) is 11.3. The van der Waals surface area contributed by atoms with Crippen LogP contribution < -0.4 is 10.1 Å². The number of benzene rings is 3. The lowest BCUT2D eigenvalue weighted by Crippen LogP contribution is -2.25. The Balaban J connectivity index is 1.67. The zero-order chi connectivity index (χ0) is 24.3. The van der Waals surface area contributed by atoms with Gasteiger partial charge in [0.15, 0.2) is 0 Å². The van der Waals surface area contributed by atoms with Crippen molar-refractivity contribution in [2.24, 2.45) is 0 Å². The van der Waals surface area contributed by atoms with Crippen LogP contribution in [-0.4, -0.2) is 17.4 Å². The van der Waals surface area contributed by atoms with Gasteiger partial charge in [-0.3, -0.25) is 14.9 Å². The van der Waals surface area contributed by atoms with Crippen LogP contribution in [0.25, 0.3) is 6.08 Å². The van der Waals surface area contributed by atoms with Crippen molar-refractivity contribution in [1.82, 2.24) is 5.32 Å². The number of rotatable bonds is 10. The maximum Gasteiger partial charge on any atom is 0.269 e. The number of halogens is 1. The SMILES string of the molecule is N#C/C(=C/c1cc(Br)ccc1OCc1cccc([N+](=O)[O-])c1)C(=O)NCCCc1ccccc1. The van der Waals surface area contributed by atoms with Crippen LogP contribution in [-0.2, 0) is 17.8 Å². The van der Waals surface area contributed by atoms with Crippen molar-refractivity contribution < 1.29 is 14.5 Å². The molecule has 0 aromatic heterocycles. The molecule has 0 radical (unpaired) electrons. The molecule has 172 valence electrons. The zero-order valence-corrected chi connectivity index (χ0v) is 19.8. The lowest BCUT2D eigenvalue weighted by Gasteiger charge is -2.11. The number of carbonyl (C=O) groups is 1. The molecule has 7 nitrogen and oxygen atoms in total. The third-order valence-corrected chi connectivity index (χ3v) is 5.42. The van der Waals surface area contributed by atoms with Gasteiger partial charge in [-0.25, -0.2) is 0 Å². The highest BCUT2D eigenvalue weighted by atomic mass is 79.9. The van der Waals surface area contributed by atoms with Crippen molar-refractivity contribution in [1.29, 1.82) is 5.26 Å². The molecule has 34 heavy (non-hydrogen) atoms. The Morgan fingerprint density at radius 2 is 1.85 bits per heavy atom. The highest BCUT2D eigenvalue weighted by Gasteiger charge is 2.12. The molecule has 0 saturated heterocycles. The number of hydrogen-bond donors (Lipinski definition) is 1. The minimum atomic E-state index is -0.463. The first kappa shape index (κ1) is 24.7. The van der Waals surface area contributed by atoms with Crippen LogP contribution >= 0.6 is 15.9 Å². The third kappa shape index (κ3) is 7.29. The summed E-state index contributed by atoms with van der Waals surface area (Å²) in [5.74, 6) is -0.0143. The Bertz CT molecular complexity index is 1240. The van der Waals surface area contributed by atoms with Gasteiger partial charge in [0, 0.05) is 28.7 Å². The summed E-state index contributed by atoms with van der Waals surface area (Å²) in [5, 5.41) is 23.3. The highest BCUT2D eigenvalue weighted by Crippen LogP contribution is 2.27. The van der Waals surface area contributed by atoms with Crippen molar-refractivity contribution >= 4 is 33.6 Å². The fourth-order valence-corrected chi connectivity index (χ4v) is 3.60. The summed E-state index contributed by atoms with van der Waals surface area (Å²) in [5.41, 5.74) is 2.29. The highest BCUT2D eigenvalue weighted by molar-refractivity contribution is 9.10. The van der Waals surface area contributed by atoms with Gasteiger partial charge in [-0.05, 0) is 48.2 Å². The van der Waals surface area contributed by atoms with Crippen LogP contribution in [0.1, 0.15) is 23.1 Å². The zero-order valence-electron chi connectivity index (χ0n) is 18.2. The quantitative estimate of drug-likeness (QED) is 0.123. The number of non-ortho nitro benzene ring substituents is 1. The van der Waals surface area contributed by atoms with Gasteiger partial charge in [0.25, 0.3) is 11.6 Å². The number of nitro groups is 1. The molecule has 0 aliphatic carbocycles. The predicted molar refractivity (Wildman–Crippen MR) is 133 cm³/mol. The van der Waals surface area contributed by atoms with Crippen LogP contribution in [0, 0.1) is 21.4 Å². The summed E-state index contributed by atoms with van der Waals surface area (Å²) in [4.78, 5) is 23.1. The lowest BCUT2D eigenvalue weighted by atomic mass is 10.1. The maximum absolute atomic E-state index is 12.5. The van der Waals surface area contributed by atoms with Gasteiger partial charge >= 0.3 is 0 Å². The number of nitriles is 1. The molecule has 0 fully saturated rings. The normalized spacial score (nSPS) is 10.9.